The molecule has 1 heterocycles. The largest absolute Gasteiger partial charge is 0.434 e. The van der Waals surface area contributed by atoms with E-state index in [9.17, 15) is 4.39 Å². The van der Waals surface area contributed by atoms with Gasteiger partial charge in [-0.25, -0.2) is 9.37 Å². The molecule has 0 aliphatic rings. The molecule has 0 spiro atoms. The monoisotopic (exact) mass is 275 g/mol. The molecule has 0 aliphatic heterocycles. The molecule has 1 aromatic heterocycles. The van der Waals surface area contributed by atoms with E-state index in [1.165, 1.54) is 12.3 Å². The molecule has 0 amide bonds. The Morgan fingerprint density at radius 2 is 2.10 bits per heavy atom. The van der Waals surface area contributed by atoms with Gasteiger partial charge in [-0.2, -0.15) is 0 Å². The SMILES string of the molecule is Cc1ccc(F)c(Oc2cncc(CNC(C)C)n2)c1. The summed E-state index contributed by atoms with van der Waals surface area (Å²) in [5.74, 6) is 0.0360. The maximum absolute atomic E-state index is 13.6. The summed E-state index contributed by atoms with van der Waals surface area (Å²) in [6.45, 7) is 6.57. The van der Waals surface area contributed by atoms with Gasteiger partial charge >= 0.3 is 0 Å². The van der Waals surface area contributed by atoms with Crippen LogP contribution in [0.5, 0.6) is 11.6 Å². The number of ether oxygens (including phenoxy) is 1. The molecule has 0 unspecified atom stereocenters. The van der Waals surface area contributed by atoms with E-state index in [0.29, 0.717) is 12.6 Å². The minimum atomic E-state index is -0.414. The molecule has 1 N–H and O–H groups in total. The van der Waals surface area contributed by atoms with Gasteiger partial charge in [-0.1, -0.05) is 19.9 Å². The summed E-state index contributed by atoms with van der Waals surface area (Å²) in [7, 11) is 0. The molecule has 4 nitrogen and oxygen atoms in total. The molecule has 0 fully saturated rings. The Bertz CT molecular complexity index is 587. The number of aromatic nitrogens is 2. The third-order valence-corrected chi connectivity index (χ3v) is 2.65. The Kier molecular flexibility index (Phi) is 4.63. The molecule has 5 heteroatoms. The highest BCUT2D eigenvalue weighted by molar-refractivity contribution is 5.32. The maximum Gasteiger partial charge on any atom is 0.238 e. The lowest BCUT2D eigenvalue weighted by Gasteiger charge is -2.09. The van der Waals surface area contributed by atoms with Gasteiger partial charge in [-0.05, 0) is 24.6 Å². The normalized spacial score (nSPS) is 10.8. The van der Waals surface area contributed by atoms with Crippen LogP contribution < -0.4 is 10.1 Å². The minimum absolute atomic E-state index is 0.160. The Balaban J connectivity index is 2.13. The summed E-state index contributed by atoms with van der Waals surface area (Å²) in [6, 6.07) is 5.06. The summed E-state index contributed by atoms with van der Waals surface area (Å²) < 4.78 is 19.1. The smallest absolute Gasteiger partial charge is 0.238 e. The second kappa shape index (κ2) is 6.43. The van der Waals surface area contributed by atoms with Crippen LogP contribution in [0.2, 0.25) is 0 Å². The van der Waals surface area contributed by atoms with Crippen molar-refractivity contribution in [2.24, 2.45) is 0 Å². The first-order valence-corrected chi connectivity index (χ1v) is 6.53. The van der Waals surface area contributed by atoms with Crippen molar-refractivity contribution >= 4 is 0 Å². The molecule has 2 rings (SSSR count). The van der Waals surface area contributed by atoms with Crippen LogP contribution in [0.4, 0.5) is 4.39 Å². The zero-order chi connectivity index (χ0) is 14.5. The van der Waals surface area contributed by atoms with Gasteiger partial charge in [0.2, 0.25) is 5.88 Å². The second-order valence-corrected chi connectivity index (χ2v) is 4.92. The van der Waals surface area contributed by atoms with Crippen molar-refractivity contribution in [1.29, 1.82) is 0 Å². The topological polar surface area (TPSA) is 47.0 Å². The number of benzene rings is 1. The Hall–Kier alpha value is -2.01. The van der Waals surface area contributed by atoms with Gasteiger partial charge in [0.1, 0.15) is 0 Å². The van der Waals surface area contributed by atoms with E-state index in [2.05, 4.69) is 29.1 Å². The van der Waals surface area contributed by atoms with Crippen molar-refractivity contribution in [1.82, 2.24) is 15.3 Å². The minimum Gasteiger partial charge on any atom is -0.434 e. The van der Waals surface area contributed by atoms with Crippen LogP contribution in [0.15, 0.2) is 30.6 Å². The Morgan fingerprint density at radius 1 is 1.30 bits per heavy atom. The first kappa shape index (κ1) is 14.4. The lowest BCUT2D eigenvalue weighted by Crippen LogP contribution is -2.22. The highest BCUT2D eigenvalue weighted by Crippen LogP contribution is 2.23. The van der Waals surface area contributed by atoms with Gasteiger partial charge in [0.25, 0.3) is 0 Å². The predicted molar refractivity (Wildman–Crippen MR) is 75.2 cm³/mol. The molecule has 0 radical (unpaired) electrons. The van der Waals surface area contributed by atoms with Crippen LogP contribution >= 0.6 is 0 Å². The molecule has 2 aromatic rings. The van der Waals surface area contributed by atoms with E-state index < -0.39 is 5.82 Å². The van der Waals surface area contributed by atoms with Crippen molar-refractivity contribution in [3.63, 3.8) is 0 Å². The van der Waals surface area contributed by atoms with Crippen LogP contribution in [0, 0.1) is 12.7 Å². The summed E-state index contributed by atoms with van der Waals surface area (Å²) in [5.41, 5.74) is 1.68. The van der Waals surface area contributed by atoms with E-state index in [1.807, 2.05) is 6.92 Å². The second-order valence-electron chi connectivity index (χ2n) is 4.92. The Morgan fingerprint density at radius 3 is 2.85 bits per heavy atom. The number of halogens is 1. The maximum atomic E-state index is 13.6. The van der Waals surface area contributed by atoms with Crippen LogP contribution in [0.3, 0.4) is 0 Å². The van der Waals surface area contributed by atoms with Crippen LogP contribution in [0.25, 0.3) is 0 Å². The summed E-state index contributed by atoms with van der Waals surface area (Å²) in [4.78, 5) is 8.36. The molecule has 20 heavy (non-hydrogen) atoms. The lowest BCUT2D eigenvalue weighted by atomic mass is 10.2. The van der Waals surface area contributed by atoms with Gasteiger partial charge in [-0.15, -0.1) is 0 Å². The zero-order valence-electron chi connectivity index (χ0n) is 11.9. The summed E-state index contributed by atoms with van der Waals surface area (Å²) in [6.07, 6.45) is 3.13. The van der Waals surface area contributed by atoms with Gasteiger partial charge in [0.05, 0.1) is 11.9 Å². The fourth-order valence-corrected chi connectivity index (χ4v) is 1.63. The third-order valence-electron chi connectivity index (χ3n) is 2.65. The van der Waals surface area contributed by atoms with Gasteiger partial charge in [0.15, 0.2) is 11.6 Å². The zero-order valence-corrected chi connectivity index (χ0v) is 11.9. The summed E-state index contributed by atoms with van der Waals surface area (Å²) in [5, 5.41) is 3.24. The molecule has 106 valence electrons. The molecule has 0 saturated carbocycles. The number of rotatable bonds is 5. The van der Waals surface area contributed by atoms with Gasteiger partial charge in [0, 0.05) is 18.8 Å². The van der Waals surface area contributed by atoms with Crippen LogP contribution in [-0.4, -0.2) is 16.0 Å². The van der Waals surface area contributed by atoms with Crippen molar-refractivity contribution in [2.45, 2.75) is 33.4 Å². The number of hydrogen-bond donors (Lipinski definition) is 1. The standard InChI is InChI=1S/C15H18FN3O/c1-10(2)18-8-12-7-17-9-15(19-12)20-14-6-11(3)4-5-13(14)16/h4-7,9-10,18H,8H2,1-3H3. The van der Waals surface area contributed by atoms with Gasteiger partial charge in [-0.3, -0.25) is 4.98 Å². The molecule has 1 aromatic carbocycles. The van der Waals surface area contributed by atoms with E-state index in [1.54, 1.807) is 18.3 Å². The number of aryl methyl sites for hydroxylation is 1. The Labute approximate surface area is 118 Å². The predicted octanol–water partition coefficient (Wildman–Crippen LogP) is 3.21. The van der Waals surface area contributed by atoms with Gasteiger partial charge < -0.3 is 10.1 Å². The molecular weight excluding hydrogens is 257 g/mol. The number of hydrogen-bond acceptors (Lipinski definition) is 4. The van der Waals surface area contributed by atoms with Crippen molar-refractivity contribution in [3.8, 4) is 11.6 Å². The molecule has 0 aliphatic carbocycles. The van der Waals surface area contributed by atoms with Crippen LogP contribution in [-0.2, 0) is 6.54 Å². The van der Waals surface area contributed by atoms with Crippen molar-refractivity contribution in [3.05, 3.63) is 47.7 Å². The van der Waals surface area contributed by atoms with E-state index in [4.69, 9.17) is 4.74 Å². The lowest BCUT2D eigenvalue weighted by molar-refractivity contribution is 0.422. The number of nitrogens with zero attached hydrogens (tertiary/aromatic N) is 2. The van der Waals surface area contributed by atoms with E-state index in [-0.39, 0.29) is 11.6 Å². The fourth-order valence-electron chi connectivity index (χ4n) is 1.63. The molecule has 0 saturated heterocycles. The molecule has 0 atom stereocenters. The average Bonchev–Trinajstić information content (AvgIpc) is 2.41. The fraction of sp³-hybridized carbons (Fsp3) is 0.333. The van der Waals surface area contributed by atoms with Crippen molar-refractivity contribution in [2.75, 3.05) is 0 Å². The van der Waals surface area contributed by atoms with E-state index >= 15 is 0 Å². The summed E-state index contributed by atoms with van der Waals surface area (Å²) >= 11 is 0. The first-order valence-electron chi connectivity index (χ1n) is 6.53. The number of nitrogens with one attached hydrogen (secondary N) is 1. The quantitative estimate of drug-likeness (QED) is 0.910. The van der Waals surface area contributed by atoms with E-state index in [0.717, 1.165) is 11.3 Å². The third kappa shape index (κ3) is 3.99. The molecular formula is C15H18FN3O. The average molecular weight is 275 g/mol. The molecule has 0 bridgehead atoms. The van der Waals surface area contributed by atoms with Crippen molar-refractivity contribution < 1.29 is 9.13 Å². The highest BCUT2D eigenvalue weighted by Gasteiger charge is 2.07. The first-order chi connectivity index (χ1) is 9.54. The van der Waals surface area contributed by atoms with Crippen LogP contribution in [0.1, 0.15) is 25.1 Å². The highest BCUT2D eigenvalue weighted by atomic mass is 19.1.